The fourth-order valence-electron chi connectivity index (χ4n) is 3.34. The first-order valence-corrected chi connectivity index (χ1v) is 10.8. The van der Waals surface area contributed by atoms with Gasteiger partial charge in [-0.2, -0.15) is 0 Å². The van der Waals surface area contributed by atoms with Crippen molar-refractivity contribution in [1.29, 1.82) is 0 Å². The Labute approximate surface area is 171 Å². The number of piperazine rings is 1. The van der Waals surface area contributed by atoms with Crippen molar-refractivity contribution in [2.24, 2.45) is 0 Å². The summed E-state index contributed by atoms with van der Waals surface area (Å²) >= 11 is 1.37. The van der Waals surface area contributed by atoms with Crippen LogP contribution in [0.5, 0.6) is 0 Å². The first-order valence-electron chi connectivity index (χ1n) is 9.82. The predicted octanol–water partition coefficient (Wildman–Crippen LogP) is 4.40. The Kier molecular flexibility index (Phi) is 7.34. The van der Waals surface area contributed by atoms with Gasteiger partial charge in [-0.1, -0.05) is 19.1 Å². The van der Waals surface area contributed by atoms with Crippen LogP contribution < -0.4 is 10.2 Å². The lowest BCUT2D eigenvalue weighted by Crippen LogP contribution is -2.46. The zero-order chi connectivity index (χ0) is 19.9. The lowest BCUT2D eigenvalue weighted by Gasteiger charge is -2.35. The second kappa shape index (κ2) is 9.94. The van der Waals surface area contributed by atoms with E-state index >= 15 is 0 Å². The number of nitrogens with one attached hydrogen (secondary N) is 1. The van der Waals surface area contributed by atoms with Crippen molar-refractivity contribution >= 4 is 29.0 Å². The number of nitrogens with zero attached hydrogens (tertiary/aromatic N) is 2. The first kappa shape index (κ1) is 20.7. The van der Waals surface area contributed by atoms with Gasteiger partial charge in [0.05, 0.1) is 0 Å². The SMILES string of the molecule is CCN1CCN(c2ccc(NC(=O)CCSc3ccccc3F)c(C)c2)CC1. The molecule has 2 aromatic rings. The summed E-state index contributed by atoms with van der Waals surface area (Å²) in [5.74, 6) is 0.265. The number of rotatable bonds is 7. The van der Waals surface area contributed by atoms with Crippen LogP contribution in [0.4, 0.5) is 15.8 Å². The molecule has 1 fully saturated rings. The molecular formula is C22H28FN3OS. The molecule has 2 aromatic carbocycles. The number of benzene rings is 2. The molecule has 0 unspecified atom stereocenters. The maximum Gasteiger partial charge on any atom is 0.225 e. The number of amides is 1. The molecule has 1 aliphatic heterocycles. The fraction of sp³-hybridized carbons (Fsp3) is 0.409. The van der Waals surface area contributed by atoms with Gasteiger partial charge in [0.15, 0.2) is 0 Å². The molecule has 1 saturated heterocycles. The minimum Gasteiger partial charge on any atom is -0.369 e. The smallest absolute Gasteiger partial charge is 0.225 e. The normalized spacial score (nSPS) is 14.9. The Morgan fingerprint density at radius 1 is 1.14 bits per heavy atom. The number of carbonyl (C=O) groups is 1. The molecule has 0 aliphatic carbocycles. The number of carbonyl (C=O) groups excluding carboxylic acids is 1. The summed E-state index contributed by atoms with van der Waals surface area (Å²) in [6, 6.07) is 12.9. The number of likely N-dealkylation sites (N-methyl/N-ethyl adjacent to an activating group) is 1. The number of anilines is 2. The molecule has 1 N–H and O–H groups in total. The maximum absolute atomic E-state index is 13.6. The van der Waals surface area contributed by atoms with E-state index in [9.17, 15) is 9.18 Å². The van der Waals surface area contributed by atoms with E-state index in [0.29, 0.717) is 17.1 Å². The Bertz CT molecular complexity index is 806. The molecule has 150 valence electrons. The van der Waals surface area contributed by atoms with Gasteiger partial charge in [-0.15, -0.1) is 11.8 Å². The highest BCUT2D eigenvalue weighted by Crippen LogP contribution is 2.25. The summed E-state index contributed by atoms with van der Waals surface area (Å²) in [4.78, 5) is 17.7. The Balaban J connectivity index is 1.50. The van der Waals surface area contributed by atoms with Crippen LogP contribution in [0, 0.1) is 12.7 Å². The average Bonchev–Trinajstić information content (AvgIpc) is 2.71. The second-order valence-electron chi connectivity index (χ2n) is 7.00. The third kappa shape index (κ3) is 5.49. The van der Waals surface area contributed by atoms with Crippen molar-refractivity contribution in [3.05, 3.63) is 53.8 Å². The van der Waals surface area contributed by atoms with Crippen molar-refractivity contribution < 1.29 is 9.18 Å². The largest absolute Gasteiger partial charge is 0.369 e. The molecule has 4 nitrogen and oxygen atoms in total. The van der Waals surface area contributed by atoms with E-state index in [-0.39, 0.29) is 11.7 Å². The monoisotopic (exact) mass is 401 g/mol. The third-order valence-electron chi connectivity index (χ3n) is 5.09. The summed E-state index contributed by atoms with van der Waals surface area (Å²) in [6.07, 6.45) is 0.346. The van der Waals surface area contributed by atoms with Crippen LogP contribution in [0.1, 0.15) is 18.9 Å². The maximum atomic E-state index is 13.6. The molecule has 1 aliphatic rings. The molecule has 0 aromatic heterocycles. The van der Waals surface area contributed by atoms with Crippen LogP contribution in [0.15, 0.2) is 47.4 Å². The Morgan fingerprint density at radius 2 is 1.89 bits per heavy atom. The van der Waals surface area contributed by atoms with Gasteiger partial charge < -0.3 is 15.1 Å². The van der Waals surface area contributed by atoms with Crippen LogP contribution in [-0.2, 0) is 4.79 Å². The highest BCUT2D eigenvalue weighted by molar-refractivity contribution is 7.99. The summed E-state index contributed by atoms with van der Waals surface area (Å²) < 4.78 is 13.6. The second-order valence-corrected chi connectivity index (χ2v) is 8.13. The highest BCUT2D eigenvalue weighted by Gasteiger charge is 2.16. The van der Waals surface area contributed by atoms with Crippen LogP contribution in [-0.4, -0.2) is 49.3 Å². The summed E-state index contributed by atoms with van der Waals surface area (Å²) in [5, 5.41) is 2.98. The molecule has 0 atom stereocenters. The van der Waals surface area contributed by atoms with Crippen molar-refractivity contribution in [2.45, 2.75) is 25.2 Å². The Hall–Kier alpha value is -2.05. The lowest BCUT2D eigenvalue weighted by molar-refractivity contribution is -0.115. The summed E-state index contributed by atoms with van der Waals surface area (Å²) in [6.45, 7) is 9.58. The van der Waals surface area contributed by atoms with Gasteiger partial charge in [0.25, 0.3) is 0 Å². The van der Waals surface area contributed by atoms with Gasteiger partial charge in [0, 0.05) is 54.6 Å². The average molecular weight is 402 g/mol. The minimum atomic E-state index is -0.237. The quantitative estimate of drug-likeness (QED) is 0.698. The van der Waals surface area contributed by atoms with Gasteiger partial charge in [-0.25, -0.2) is 4.39 Å². The molecule has 0 radical (unpaired) electrons. The number of thioether (sulfide) groups is 1. The highest BCUT2D eigenvalue weighted by atomic mass is 32.2. The summed E-state index contributed by atoms with van der Waals surface area (Å²) in [5.41, 5.74) is 3.11. The van der Waals surface area contributed by atoms with Crippen molar-refractivity contribution in [2.75, 3.05) is 48.7 Å². The van der Waals surface area contributed by atoms with Crippen molar-refractivity contribution in [3.63, 3.8) is 0 Å². The van der Waals surface area contributed by atoms with E-state index in [2.05, 4.69) is 34.2 Å². The lowest BCUT2D eigenvalue weighted by atomic mass is 10.1. The zero-order valence-electron chi connectivity index (χ0n) is 16.6. The van der Waals surface area contributed by atoms with E-state index in [1.54, 1.807) is 18.2 Å². The van der Waals surface area contributed by atoms with Gasteiger partial charge in [-0.3, -0.25) is 4.79 Å². The molecular weight excluding hydrogens is 373 g/mol. The third-order valence-corrected chi connectivity index (χ3v) is 6.14. The standard InChI is InChI=1S/C22H28FN3OS/c1-3-25-11-13-26(14-12-25)18-8-9-20(17(2)16-18)24-22(27)10-15-28-21-7-5-4-6-19(21)23/h4-9,16H,3,10-15H2,1-2H3,(H,24,27). The predicted molar refractivity (Wildman–Crippen MR) is 116 cm³/mol. The minimum absolute atomic E-state index is 0.0451. The number of aryl methyl sites for hydroxylation is 1. The molecule has 3 rings (SSSR count). The van der Waals surface area contributed by atoms with Crippen molar-refractivity contribution in [3.8, 4) is 0 Å². The van der Waals surface area contributed by atoms with E-state index in [0.717, 1.165) is 44.0 Å². The molecule has 0 saturated carbocycles. The molecule has 1 heterocycles. The molecule has 28 heavy (non-hydrogen) atoms. The summed E-state index contributed by atoms with van der Waals surface area (Å²) in [7, 11) is 0. The molecule has 0 bridgehead atoms. The van der Waals surface area contributed by atoms with E-state index < -0.39 is 0 Å². The topological polar surface area (TPSA) is 35.6 Å². The molecule has 0 spiro atoms. The van der Waals surface area contributed by atoms with E-state index in [1.807, 2.05) is 13.0 Å². The number of hydrogen-bond acceptors (Lipinski definition) is 4. The van der Waals surface area contributed by atoms with Gasteiger partial charge in [0.1, 0.15) is 5.82 Å². The Morgan fingerprint density at radius 3 is 2.57 bits per heavy atom. The van der Waals surface area contributed by atoms with Gasteiger partial charge in [-0.05, 0) is 49.4 Å². The fourth-order valence-corrected chi connectivity index (χ4v) is 4.22. The van der Waals surface area contributed by atoms with E-state index in [4.69, 9.17) is 0 Å². The van der Waals surface area contributed by atoms with Gasteiger partial charge >= 0.3 is 0 Å². The zero-order valence-corrected chi connectivity index (χ0v) is 17.4. The van der Waals surface area contributed by atoms with Crippen LogP contribution in [0.3, 0.4) is 0 Å². The van der Waals surface area contributed by atoms with Gasteiger partial charge in [0.2, 0.25) is 5.91 Å². The van der Waals surface area contributed by atoms with Crippen LogP contribution in [0.25, 0.3) is 0 Å². The van der Waals surface area contributed by atoms with Crippen molar-refractivity contribution in [1.82, 2.24) is 4.90 Å². The molecule has 6 heteroatoms. The van der Waals surface area contributed by atoms with E-state index in [1.165, 1.54) is 23.5 Å². The number of hydrogen-bond donors (Lipinski definition) is 1. The first-order chi connectivity index (χ1) is 13.6. The van der Waals surface area contributed by atoms with Crippen LogP contribution in [0.2, 0.25) is 0 Å². The number of halogens is 1. The molecule has 1 amide bonds. The van der Waals surface area contributed by atoms with Crippen LogP contribution >= 0.6 is 11.8 Å².